The number of methoxy groups -OCH3 is 3. The van der Waals surface area contributed by atoms with Crippen LogP contribution in [-0.4, -0.2) is 42.3 Å². The van der Waals surface area contributed by atoms with Gasteiger partial charge in [-0.25, -0.2) is 19.7 Å². The third-order valence-corrected chi connectivity index (χ3v) is 6.27. The number of rotatable bonds is 7. The average Bonchev–Trinajstić information content (AvgIpc) is 3.29. The molecule has 2 heterocycles. The number of aromatic nitrogens is 3. The van der Waals surface area contributed by atoms with Crippen molar-refractivity contribution in [1.82, 2.24) is 15.0 Å². The van der Waals surface area contributed by atoms with Crippen molar-refractivity contribution in [3.8, 4) is 17.2 Å². The molecular formula is C25H22N6O4S. The number of ether oxygens (including phenoxy) is 3. The molecule has 0 bridgehead atoms. The molecule has 0 aliphatic rings. The maximum Gasteiger partial charge on any atom is 0.323 e. The molecular weight excluding hydrogens is 480 g/mol. The zero-order valence-electron chi connectivity index (χ0n) is 19.7. The van der Waals surface area contributed by atoms with E-state index in [1.807, 2.05) is 24.3 Å². The van der Waals surface area contributed by atoms with E-state index in [9.17, 15) is 4.79 Å². The number of carbonyl (C=O) groups is 1. The van der Waals surface area contributed by atoms with E-state index in [0.29, 0.717) is 45.1 Å². The van der Waals surface area contributed by atoms with Gasteiger partial charge in [0.15, 0.2) is 16.6 Å². The van der Waals surface area contributed by atoms with Crippen LogP contribution >= 0.6 is 11.3 Å². The van der Waals surface area contributed by atoms with Crippen molar-refractivity contribution in [3.63, 3.8) is 0 Å². The molecule has 36 heavy (non-hydrogen) atoms. The van der Waals surface area contributed by atoms with Gasteiger partial charge in [-0.05, 0) is 36.4 Å². The minimum atomic E-state index is -0.359. The quantitative estimate of drug-likeness (QED) is 0.261. The fourth-order valence-corrected chi connectivity index (χ4v) is 4.54. The number of anilines is 4. The number of thiazole rings is 1. The third-order valence-electron chi connectivity index (χ3n) is 5.34. The minimum Gasteiger partial charge on any atom is -0.497 e. The van der Waals surface area contributed by atoms with Crippen molar-refractivity contribution in [3.05, 3.63) is 60.9 Å². The lowest BCUT2D eigenvalue weighted by Crippen LogP contribution is -2.19. The first kappa shape index (κ1) is 23.1. The first-order valence-corrected chi connectivity index (χ1v) is 11.6. The molecule has 5 rings (SSSR count). The van der Waals surface area contributed by atoms with Gasteiger partial charge >= 0.3 is 6.03 Å². The number of fused-ring (bicyclic) bond motifs is 2. The molecule has 0 radical (unpaired) electrons. The number of carbonyl (C=O) groups excluding carboxylic acids is 1. The Balaban J connectivity index is 1.35. The maximum absolute atomic E-state index is 12.5. The largest absolute Gasteiger partial charge is 0.497 e. The highest BCUT2D eigenvalue weighted by Crippen LogP contribution is 2.36. The molecule has 3 N–H and O–H groups in total. The van der Waals surface area contributed by atoms with E-state index in [1.165, 1.54) is 17.7 Å². The van der Waals surface area contributed by atoms with Crippen molar-refractivity contribution in [2.75, 3.05) is 37.3 Å². The summed E-state index contributed by atoms with van der Waals surface area (Å²) in [5.41, 5.74) is 2.77. The highest BCUT2D eigenvalue weighted by atomic mass is 32.1. The standard InChI is InChI=1S/C25H22N6O4S/c1-33-16-6-4-5-14(9-16)28-24(32)29-15-7-8-18-22(10-15)36-25(30-18)31-23-17-11-20(34-2)21(35-3)12-19(17)26-13-27-23/h4-13H,1-3H3,(H2,28,29,32)(H,26,27,30,31). The van der Waals surface area contributed by atoms with Gasteiger partial charge in [0.1, 0.15) is 17.9 Å². The number of hydrogen-bond acceptors (Lipinski definition) is 9. The number of hydrogen-bond donors (Lipinski definition) is 3. The van der Waals surface area contributed by atoms with Gasteiger partial charge in [0.25, 0.3) is 0 Å². The lowest BCUT2D eigenvalue weighted by Gasteiger charge is -2.10. The molecule has 0 unspecified atom stereocenters. The molecule has 0 fully saturated rings. The summed E-state index contributed by atoms with van der Waals surface area (Å²) in [5, 5.41) is 10.3. The second-order valence-electron chi connectivity index (χ2n) is 7.58. The number of nitrogens with one attached hydrogen (secondary N) is 3. The first-order chi connectivity index (χ1) is 17.6. The van der Waals surface area contributed by atoms with Crippen LogP contribution in [0.1, 0.15) is 0 Å². The lowest BCUT2D eigenvalue weighted by atomic mass is 10.2. The third kappa shape index (κ3) is 4.77. The fraction of sp³-hybridized carbons (Fsp3) is 0.120. The van der Waals surface area contributed by atoms with E-state index in [1.54, 1.807) is 51.7 Å². The van der Waals surface area contributed by atoms with Gasteiger partial charge in [-0.3, -0.25) is 0 Å². The molecule has 10 nitrogen and oxygen atoms in total. The Labute approximate surface area is 210 Å². The second-order valence-corrected chi connectivity index (χ2v) is 8.61. The normalized spacial score (nSPS) is 10.8. The summed E-state index contributed by atoms with van der Waals surface area (Å²) in [7, 11) is 4.74. The van der Waals surface area contributed by atoms with E-state index < -0.39 is 0 Å². The van der Waals surface area contributed by atoms with Gasteiger partial charge in [-0.15, -0.1) is 0 Å². The number of urea groups is 1. The SMILES string of the molecule is COc1cccc(NC(=O)Nc2ccc3nc(Nc4ncnc5cc(OC)c(OC)cc45)sc3c2)c1. The Morgan fingerprint density at radius 3 is 2.39 bits per heavy atom. The zero-order chi connectivity index (χ0) is 25.1. The predicted molar refractivity (Wildman–Crippen MR) is 141 cm³/mol. The lowest BCUT2D eigenvalue weighted by molar-refractivity contribution is 0.262. The molecule has 2 aromatic heterocycles. The van der Waals surface area contributed by atoms with Gasteiger partial charge in [-0.2, -0.15) is 0 Å². The van der Waals surface area contributed by atoms with E-state index in [-0.39, 0.29) is 6.03 Å². The van der Waals surface area contributed by atoms with E-state index in [2.05, 4.69) is 30.9 Å². The summed E-state index contributed by atoms with van der Waals surface area (Å²) >= 11 is 1.44. The van der Waals surface area contributed by atoms with Crippen LogP contribution in [0.25, 0.3) is 21.1 Å². The predicted octanol–water partition coefficient (Wildman–Crippen LogP) is 5.65. The van der Waals surface area contributed by atoms with Crippen LogP contribution in [0.3, 0.4) is 0 Å². The molecule has 0 spiro atoms. The summed E-state index contributed by atoms with van der Waals surface area (Å²) in [6, 6.07) is 15.9. The fourth-order valence-electron chi connectivity index (χ4n) is 3.63. The smallest absolute Gasteiger partial charge is 0.323 e. The number of nitrogens with zero attached hydrogens (tertiary/aromatic N) is 3. The van der Waals surface area contributed by atoms with E-state index in [0.717, 1.165) is 15.6 Å². The number of amides is 2. The molecule has 182 valence electrons. The Morgan fingerprint density at radius 1 is 0.833 bits per heavy atom. The zero-order valence-corrected chi connectivity index (χ0v) is 20.5. The summed E-state index contributed by atoms with van der Waals surface area (Å²) in [6.45, 7) is 0. The van der Waals surface area contributed by atoms with Gasteiger partial charge in [0, 0.05) is 28.9 Å². The van der Waals surface area contributed by atoms with Crippen molar-refractivity contribution in [2.45, 2.75) is 0 Å². The molecule has 5 aromatic rings. The maximum atomic E-state index is 12.5. The van der Waals surface area contributed by atoms with Crippen LogP contribution in [0, 0.1) is 0 Å². The minimum absolute atomic E-state index is 0.359. The van der Waals surface area contributed by atoms with Crippen LogP contribution in [0.4, 0.5) is 27.1 Å². The molecule has 2 amide bonds. The Hall–Kier alpha value is -4.64. The molecule has 0 saturated heterocycles. The molecule has 11 heteroatoms. The van der Waals surface area contributed by atoms with Crippen LogP contribution in [-0.2, 0) is 0 Å². The van der Waals surface area contributed by atoms with Gasteiger partial charge in [-0.1, -0.05) is 17.4 Å². The monoisotopic (exact) mass is 502 g/mol. The van der Waals surface area contributed by atoms with Crippen LogP contribution in [0.2, 0.25) is 0 Å². The molecule has 0 saturated carbocycles. The van der Waals surface area contributed by atoms with Crippen molar-refractivity contribution in [1.29, 1.82) is 0 Å². The highest BCUT2D eigenvalue weighted by Gasteiger charge is 2.13. The topological polar surface area (TPSA) is 120 Å². The summed E-state index contributed by atoms with van der Waals surface area (Å²) in [6.07, 6.45) is 1.48. The van der Waals surface area contributed by atoms with Gasteiger partial charge < -0.3 is 30.2 Å². The molecule has 0 aliphatic heterocycles. The van der Waals surface area contributed by atoms with E-state index in [4.69, 9.17) is 14.2 Å². The summed E-state index contributed by atoms with van der Waals surface area (Å²) in [5.74, 6) is 2.42. The van der Waals surface area contributed by atoms with Crippen molar-refractivity contribution < 1.29 is 19.0 Å². The van der Waals surface area contributed by atoms with Crippen molar-refractivity contribution >= 4 is 60.8 Å². The average molecular weight is 503 g/mol. The second kappa shape index (κ2) is 9.92. The Kier molecular flexibility index (Phi) is 6.37. The molecule has 0 aliphatic carbocycles. The molecule has 3 aromatic carbocycles. The highest BCUT2D eigenvalue weighted by molar-refractivity contribution is 7.22. The van der Waals surface area contributed by atoms with Crippen LogP contribution in [0.15, 0.2) is 60.9 Å². The van der Waals surface area contributed by atoms with E-state index >= 15 is 0 Å². The van der Waals surface area contributed by atoms with Crippen LogP contribution in [0.5, 0.6) is 17.2 Å². The van der Waals surface area contributed by atoms with Crippen LogP contribution < -0.4 is 30.2 Å². The molecule has 0 atom stereocenters. The summed E-state index contributed by atoms with van der Waals surface area (Å²) < 4.78 is 16.9. The number of benzene rings is 3. The van der Waals surface area contributed by atoms with Crippen molar-refractivity contribution in [2.24, 2.45) is 0 Å². The Bertz CT molecular complexity index is 1570. The van der Waals surface area contributed by atoms with Gasteiger partial charge in [0.05, 0.1) is 37.1 Å². The first-order valence-electron chi connectivity index (χ1n) is 10.8. The Morgan fingerprint density at radius 2 is 1.61 bits per heavy atom. The summed E-state index contributed by atoms with van der Waals surface area (Å²) in [4.78, 5) is 25.8. The van der Waals surface area contributed by atoms with Gasteiger partial charge in [0.2, 0.25) is 0 Å².